The third-order valence-corrected chi connectivity index (χ3v) is 3.48. The van der Waals surface area contributed by atoms with E-state index < -0.39 is 11.7 Å². The summed E-state index contributed by atoms with van der Waals surface area (Å²) in [5.41, 5.74) is -0.141. The van der Waals surface area contributed by atoms with Crippen LogP contribution in [0.2, 0.25) is 0 Å². The van der Waals surface area contributed by atoms with Gasteiger partial charge in [-0.05, 0) is 37.6 Å². The predicted molar refractivity (Wildman–Crippen MR) is 85.0 cm³/mol. The molecule has 1 aromatic carbocycles. The molecule has 25 heavy (non-hydrogen) atoms. The van der Waals surface area contributed by atoms with Crippen LogP contribution >= 0.6 is 0 Å². The van der Waals surface area contributed by atoms with E-state index >= 15 is 0 Å². The molecule has 0 fully saturated rings. The second-order valence-corrected chi connectivity index (χ2v) is 5.34. The molecule has 0 aliphatic carbocycles. The molecule has 1 heterocycles. The summed E-state index contributed by atoms with van der Waals surface area (Å²) < 4.78 is 44.0. The zero-order valence-corrected chi connectivity index (χ0v) is 13.4. The van der Waals surface area contributed by atoms with Gasteiger partial charge in [-0.3, -0.25) is 4.79 Å². The lowest BCUT2D eigenvalue weighted by Gasteiger charge is -2.15. The van der Waals surface area contributed by atoms with Gasteiger partial charge < -0.3 is 15.1 Å². The molecule has 0 spiro atoms. The van der Waals surface area contributed by atoms with Gasteiger partial charge in [-0.15, -0.1) is 0 Å². The van der Waals surface area contributed by atoms with Crippen molar-refractivity contribution in [3.8, 4) is 6.07 Å². The number of halogens is 3. The molecule has 0 atom stereocenters. The molecule has 0 unspecified atom stereocenters. The fourth-order valence-electron chi connectivity index (χ4n) is 2.21. The van der Waals surface area contributed by atoms with Crippen LogP contribution in [0.25, 0.3) is 0 Å². The maximum Gasteiger partial charge on any atom is 0.418 e. The first-order valence-electron chi connectivity index (χ1n) is 7.50. The number of nitriles is 1. The minimum atomic E-state index is -4.51. The van der Waals surface area contributed by atoms with E-state index in [9.17, 15) is 18.0 Å². The van der Waals surface area contributed by atoms with Gasteiger partial charge in [0.2, 0.25) is 0 Å². The van der Waals surface area contributed by atoms with Gasteiger partial charge in [0.05, 0.1) is 23.5 Å². The standard InChI is InChI=1S/C17H16F3N3O2/c1-11-5-8-25-15(11)16(24)23-7-2-6-22-14-9-12(10-21)3-4-13(14)17(18,19)20/h3-5,8-9,22H,2,6-7H2,1H3,(H,23,24). The number of furan rings is 1. The molecular formula is C17H16F3N3O2. The Morgan fingerprint density at radius 3 is 2.64 bits per heavy atom. The molecule has 8 heteroatoms. The van der Waals surface area contributed by atoms with Crippen molar-refractivity contribution < 1.29 is 22.4 Å². The number of anilines is 1. The van der Waals surface area contributed by atoms with Crippen molar-refractivity contribution >= 4 is 11.6 Å². The van der Waals surface area contributed by atoms with Crippen LogP contribution in [0.5, 0.6) is 0 Å². The molecule has 2 rings (SSSR count). The van der Waals surface area contributed by atoms with Crippen molar-refractivity contribution in [2.45, 2.75) is 19.5 Å². The summed E-state index contributed by atoms with van der Waals surface area (Å²) in [7, 11) is 0. The SMILES string of the molecule is Cc1ccoc1C(=O)NCCCNc1cc(C#N)ccc1C(F)(F)F. The summed E-state index contributed by atoms with van der Waals surface area (Å²) in [5.74, 6) is -0.154. The molecule has 1 amide bonds. The van der Waals surface area contributed by atoms with Gasteiger partial charge in [0.1, 0.15) is 0 Å². The Hall–Kier alpha value is -2.95. The Morgan fingerprint density at radius 1 is 1.28 bits per heavy atom. The molecular weight excluding hydrogens is 335 g/mol. The van der Waals surface area contributed by atoms with Crippen molar-refractivity contribution in [3.63, 3.8) is 0 Å². The van der Waals surface area contributed by atoms with E-state index in [0.717, 1.165) is 18.2 Å². The number of nitrogens with zero attached hydrogens (tertiary/aromatic N) is 1. The number of benzene rings is 1. The Labute approximate surface area is 142 Å². The number of carbonyl (C=O) groups is 1. The van der Waals surface area contributed by atoms with Crippen LogP contribution in [-0.4, -0.2) is 19.0 Å². The first-order valence-corrected chi connectivity index (χ1v) is 7.50. The quantitative estimate of drug-likeness (QED) is 0.778. The summed E-state index contributed by atoms with van der Waals surface area (Å²) >= 11 is 0. The monoisotopic (exact) mass is 351 g/mol. The summed E-state index contributed by atoms with van der Waals surface area (Å²) in [6.07, 6.45) is -2.70. The lowest BCUT2D eigenvalue weighted by molar-refractivity contribution is -0.136. The van der Waals surface area contributed by atoms with Crippen molar-refractivity contribution in [1.29, 1.82) is 5.26 Å². The lowest BCUT2D eigenvalue weighted by Crippen LogP contribution is -2.26. The Morgan fingerprint density at radius 2 is 2.04 bits per heavy atom. The summed E-state index contributed by atoms with van der Waals surface area (Å²) in [6, 6.07) is 6.64. The van der Waals surface area contributed by atoms with Crippen LogP contribution in [0.4, 0.5) is 18.9 Å². The highest BCUT2D eigenvalue weighted by atomic mass is 19.4. The maximum atomic E-state index is 13.0. The summed E-state index contributed by atoms with van der Waals surface area (Å²) in [4.78, 5) is 11.8. The molecule has 132 valence electrons. The molecule has 2 aromatic rings. The number of alkyl halides is 3. The zero-order valence-electron chi connectivity index (χ0n) is 13.4. The first kappa shape index (κ1) is 18.4. The predicted octanol–water partition coefficient (Wildman–Crippen LogP) is 3.71. The van der Waals surface area contributed by atoms with E-state index in [-0.39, 0.29) is 36.0 Å². The van der Waals surface area contributed by atoms with Gasteiger partial charge >= 0.3 is 6.18 Å². The number of hydrogen-bond donors (Lipinski definition) is 2. The van der Waals surface area contributed by atoms with E-state index in [0.29, 0.717) is 12.0 Å². The Balaban J connectivity index is 1.88. The number of rotatable bonds is 6. The number of aryl methyl sites for hydroxylation is 1. The molecule has 1 aromatic heterocycles. The average molecular weight is 351 g/mol. The van der Waals surface area contributed by atoms with Gasteiger partial charge in [-0.2, -0.15) is 18.4 Å². The third kappa shape index (κ3) is 4.76. The Bertz CT molecular complexity index is 791. The Kier molecular flexibility index (Phi) is 5.70. The number of amides is 1. The molecule has 0 bridgehead atoms. The largest absolute Gasteiger partial charge is 0.459 e. The van der Waals surface area contributed by atoms with E-state index in [2.05, 4.69) is 10.6 Å². The van der Waals surface area contributed by atoms with Crippen molar-refractivity contribution in [2.75, 3.05) is 18.4 Å². The van der Waals surface area contributed by atoms with Gasteiger partial charge in [-0.1, -0.05) is 0 Å². The summed E-state index contributed by atoms with van der Waals surface area (Å²) in [5, 5.41) is 14.1. The molecule has 0 saturated heterocycles. The highest BCUT2D eigenvalue weighted by Gasteiger charge is 2.33. The topological polar surface area (TPSA) is 78.1 Å². The second kappa shape index (κ2) is 7.75. The molecule has 0 aliphatic rings. The first-order chi connectivity index (χ1) is 11.8. The minimum absolute atomic E-state index is 0.136. The molecule has 2 N–H and O–H groups in total. The fraction of sp³-hybridized carbons (Fsp3) is 0.294. The molecule has 0 radical (unpaired) electrons. The number of nitrogens with one attached hydrogen (secondary N) is 2. The van der Waals surface area contributed by atoms with Gasteiger partial charge in [0, 0.05) is 24.3 Å². The van der Waals surface area contributed by atoms with Crippen LogP contribution in [-0.2, 0) is 6.18 Å². The second-order valence-electron chi connectivity index (χ2n) is 5.34. The van der Waals surface area contributed by atoms with E-state index in [1.54, 1.807) is 13.0 Å². The fourth-order valence-corrected chi connectivity index (χ4v) is 2.21. The highest BCUT2D eigenvalue weighted by Crippen LogP contribution is 2.35. The van der Waals surface area contributed by atoms with Crippen molar-refractivity contribution in [3.05, 3.63) is 53.0 Å². The normalized spacial score (nSPS) is 11.0. The van der Waals surface area contributed by atoms with Crippen LogP contribution in [0.3, 0.4) is 0 Å². The maximum absolute atomic E-state index is 13.0. The van der Waals surface area contributed by atoms with Gasteiger partial charge in [-0.25, -0.2) is 0 Å². The lowest BCUT2D eigenvalue weighted by atomic mass is 10.1. The molecule has 0 saturated carbocycles. The van der Waals surface area contributed by atoms with Crippen LogP contribution < -0.4 is 10.6 Å². The van der Waals surface area contributed by atoms with Crippen molar-refractivity contribution in [1.82, 2.24) is 5.32 Å². The number of hydrogen-bond acceptors (Lipinski definition) is 4. The van der Waals surface area contributed by atoms with E-state index in [1.165, 1.54) is 6.26 Å². The zero-order chi connectivity index (χ0) is 18.4. The van der Waals surface area contributed by atoms with E-state index in [1.807, 2.05) is 6.07 Å². The van der Waals surface area contributed by atoms with Gasteiger partial charge in [0.15, 0.2) is 5.76 Å². The molecule has 0 aliphatic heterocycles. The van der Waals surface area contributed by atoms with Gasteiger partial charge in [0.25, 0.3) is 5.91 Å². The smallest absolute Gasteiger partial charge is 0.418 e. The third-order valence-electron chi connectivity index (χ3n) is 3.48. The summed E-state index contributed by atoms with van der Waals surface area (Å²) in [6.45, 7) is 2.21. The average Bonchev–Trinajstić information content (AvgIpc) is 2.99. The van der Waals surface area contributed by atoms with Crippen LogP contribution in [0.1, 0.15) is 33.7 Å². The van der Waals surface area contributed by atoms with Crippen LogP contribution in [0, 0.1) is 18.3 Å². The van der Waals surface area contributed by atoms with Crippen molar-refractivity contribution in [2.24, 2.45) is 0 Å². The highest BCUT2D eigenvalue weighted by molar-refractivity contribution is 5.92. The molecule has 5 nitrogen and oxygen atoms in total. The minimum Gasteiger partial charge on any atom is -0.459 e. The number of carbonyl (C=O) groups excluding carboxylic acids is 1. The van der Waals surface area contributed by atoms with Crippen LogP contribution in [0.15, 0.2) is 34.9 Å². The van der Waals surface area contributed by atoms with E-state index in [4.69, 9.17) is 9.68 Å².